The van der Waals surface area contributed by atoms with Gasteiger partial charge in [0.05, 0.1) is 0 Å². The molecule has 0 unspecified atom stereocenters. The fourth-order valence-corrected chi connectivity index (χ4v) is 0. The van der Waals surface area contributed by atoms with E-state index in [0.717, 1.165) is 16.0 Å². The van der Waals surface area contributed by atoms with Crippen molar-refractivity contribution in [3.63, 3.8) is 0 Å². The Kier molecular flexibility index (Phi) is 309. The maximum atomic E-state index is 8.00. The van der Waals surface area contributed by atoms with Crippen LogP contribution in [0.1, 0.15) is 0 Å². The van der Waals surface area contributed by atoms with Crippen molar-refractivity contribution in [1.29, 1.82) is 0 Å². The van der Waals surface area contributed by atoms with Crippen LogP contribution >= 0.6 is 0 Å². The van der Waals surface area contributed by atoms with Gasteiger partial charge in [0, 0.05) is 13.1 Å². The summed E-state index contributed by atoms with van der Waals surface area (Å²) >= 11 is 0. The zero-order valence-corrected chi connectivity index (χ0v) is 9.45. The zero-order chi connectivity index (χ0) is 11.5. The van der Waals surface area contributed by atoms with E-state index in [4.69, 9.17) is 41.8 Å². The molecule has 0 radical (unpaired) electrons. The van der Waals surface area contributed by atoms with Crippen LogP contribution in [0.2, 0.25) is 0 Å². The summed E-state index contributed by atoms with van der Waals surface area (Å²) in [5.74, 6) is 0. The van der Waals surface area contributed by atoms with Gasteiger partial charge < -0.3 is 47.3 Å². The number of rotatable bonds is 1. The Morgan fingerprint density at radius 1 is 0.800 bits per heavy atom. The van der Waals surface area contributed by atoms with Crippen LogP contribution in [0, 0.1) is 30.3 Å². The predicted octanol–water partition coefficient (Wildman–Crippen LogP) is -1.17. The molecule has 13 heteroatoms. The molecule has 0 bridgehead atoms. The predicted molar refractivity (Wildman–Crippen MR) is 49.2 cm³/mol. The molecule has 94 valence electrons. The van der Waals surface area contributed by atoms with Crippen LogP contribution in [0.25, 0.3) is 0 Å². The molecule has 0 aliphatic rings. The molecule has 0 aliphatic carbocycles. The summed E-state index contributed by atoms with van der Waals surface area (Å²) in [6, 6.07) is 0. The Balaban J connectivity index is -0.0000000174. The van der Waals surface area contributed by atoms with Crippen LogP contribution < -0.4 is 11.5 Å². The monoisotopic (exact) mass is 411 g/mol. The molecular formula is C2H10N5O7Pt+. The van der Waals surface area contributed by atoms with Crippen LogP contribution in [0.15, 0.2) is 16.0 Å². The van der Waals surface area contributed by atoms with Crippen LogP contribution in [0.3, 0.4) is 0 Å². The third kappa shape index (κ3) is 27600. The smallest absolute Gasteiger partial charge is 0.444 e. The average molecular weight is 411 g/mol. The van der Waals surface area contributed by atoms with Gasteiger partial charge in [-0.1, -0.05) is 0 Å². The summed E-state index contributed by atoms with van der Waals surface area (Å²) in [7, 11) is 0. The van der Waals surface area contributed by atoms with E-state index >= 15 is 0 Å². The van der Waals surface area contributed by atoms with Crippen LogP contribution in [-0.4, -0.2) is 18.6 Å². The molecule has 0 saturated heterocycles. The second-order valence-electron chi connectivity index (χ2n) is 0.801. The first-order chi connectivity index (χ1) is 6.16. The van der Waals surface area contributed by atoms with E-state index in [2.05, 4.69) is 0 Å². The molecule has 0 aromatic heterocycles. The van der Waals surface area contributed by atoms with E-state index in [1.165, 1.54) is 0 Å². The first-order valence-corrected chi connectivity index (χ1v) is 2.41. The summed E-state index contributed by atoms with van der Waals surface area (Å²) in [6.07, 6.45) is 0. The molecule has 0 saturated carbocycles. The minimum Gasteiger partial charge on any atom is -0.444 e. The van der Waals surface area contributed by atoms with Crippen LogP contribution in [0.5, 0.6) is 0 Å². The van der Waals surface area contributed by atoms with E-state index in [1.54, 1.807) is 0 Å². The van der Waals surface area contributed by atoms with Crippen molar-refractivity contribution in [3.8, 4) is 0 Å². The molecule has 0 fully saturated rings. The largest absolute Gasteiger partial charge is 4.00 e. The van der Waals surface area contributed by atoms with E-state index in [-0.39, 0.29) is 26.5 Å². The fraction of sp³-hybridized carbons (Fsp3) is 1.00. The van der Waals surface area contributed by atoms with Crippen LogP contribution in [-0.2, 0) is 21.1 Å². The maximum Gasteiger partial charge on any atom is 4.00 e. The number of hydrogen-bond acceptors (Lipinski definition) is 11. The molecule has 0 rings (SSSR count). The Labute approximate surface area is 98.0 Å². The summed E-state index contributed by atoms with van der Waals surface area (Å²) in [5, 5.41) is 27.0. The first kappa shape index (κ1) is 37.2. The minimum absolute atomic E-state index is 0. The van der Waals surface area contributed by atoms with Crippen molar-refractivity contribution in [3.05, 3.63) is 30.3 Å². The van der Waals surface area contributed by atoms with Crippen molar-refractivity contribution in [2.24, 2.45) is 27.5 Å². The molecule has 0 amide bonds. The van der Waals surface area contributed by atoms with Gasteiger partial charge in [-0.3, -0.25) is 0 Å². The Bertz CT molecular complexity index is 79.2. The Morgan fingerprint density at radius 2 is 0.867 bits per heavy atom. The van der Waals surface area contributed by atoms with Gasteiger partial charge in [0.2, 0.25) is 0 Å². The van der Waals surface area contributed by atoms with E-state index in [1.807, 2.05) is 0 Å². The molecule has 6 N–H and O–H groups in total. The van der Waals surface area contributed by atoms with E-state index < -0.39 is 0 Å². The van der Waals surface area contributed by atoms with Gasteiger partial charge in [0.15, 0.2) is 0 Å². The van der Waals surface area contributed by atoms with Crippen molar-refractivity contribution in [1.82, 2.24) is 0 Å². The van der Waals surface area contributed by atoms with Crippen molar-refractivity contribution in [2.45, 2.75) is 0 Å². The summed E-state index contributed by atoms with van der Waals surface area (Å²) in [5.41, 5.74) is 9.81. The van der Waals surface area contributed by atoms with E-state index in [0.29, 0.717) is 13.1 Å². The Hall–Kier alpha value is -1.23. The topological polar surface area (TPSA) is 241 Å². The van der Waals surface area contributed by atoms with Gasteiger partial charge in [0.25, 0.3) is 0 Å². The van der Waals surface area contributed by atoms with Crippen molar-refractivity contribution >= 4 is 0 Å². The minimum atomic E-state index is 0. The number of hydrogen-bond donors (Lipinski definition) is 2. The van der Waals surface area contributed by atoms with Gasteiger partial charge >= 0.3 is 21.1 Å². The second kappa shape index (κ2) is 125. The third-order valence-electron chi connectivity index (χ3n) is 0.167. The third-order valence-corrected chi connectivity index (χ3v) is 0.167. The van der Waals surface area contributed by atoms with Gasteiger partial charge in [0.1, 0.15) is 0 Å². The molecule has 0 atom stereocenters. The van der Waals surface area contributed by atoms with Crippen molar-refractivity contribution in [2.75, 3.05) is 13.1 Å². The quantitative estimate of drug-likeness (QED) is 0.392. The molecule has 0 aromatic rings. The molecule has 0 spiro atoms. The summed E-state index contributed by atoms with van der Waals surface area (Å²) < 4.78 is 0. The molecule has 0 heterocycles. The molecule has 0 aromatic carbocycles. The fourth-order valence-electron chi connectivity index (χ4n) is 0. The molecule has 0 aliphatic heterocycles. The Morgan fingerprint density at radius 3 is 0.867 bits per heavy atom. The van der Waals surface area contributed by atoms with E-state index in [9.17, 15) is 0 Å². The summed E-state index contributed by atoms with van der Waals surface area (Å²) in [4.78, 5) is 24.0. The van der Waals surface area contributed by atoms with Crippen LogP contribution in [0.4, 0.5) is 0 Å². The second-order valence-corrected chi connectivity index (χ2v) is 0.801. The van der Waals surface area contributed by atoms with Gasteiger partial charge in [-0.25, -0.2) is 0 Å². The SMILES string of the molecule is NCCN.O.O=N[O-].O=N[O-].O=N[O-].[Pt+4]. The average Bonchev–Trinajstić information content (AvgIpc) is 2.08. The maximum absolute atomic E-state index is 8.00. The molecule has 12 nitrogen and oxygen atoms in total. The van der Waals surface area contributed by atoms with Gasteiger partial charge in [-0.15, -0.1) is 16.0 Å². The van der Waals surface area contributed by atoms with Gasteiger partial charge in [-0.05, 0) is 0 Å². The number of nitrogens with zero attached hydrogens (tertiary/aromatic N) is 3. The normalized spacial score (nSPS) is 4.40. The zero-order valence-electron chi connectivity index (χ0n) is 7.18. The molecule has 15 heavy (non-hydrogen) atoms. The van der Waals surface area contributed by atoms with Gasteiger partial charge in [-0.2, -0.15) is 0 Å². The first-order valence-electron chi connectivity index (χ1n) is 2.41. The molecular weight excluding hydrogens is 401 g/mol. The number of nitrogens with two attached hydrogens (primary N) is 2. The standard InChI is InChI=1S/C2H8N2.3HNO2.H2O.Pt/c3-1-2-4;3*2-1-3;;/h1-4H2;3*(H,2,3);1H2;/q;;;;;+4/p-3. The summed E-state index contributed by atoms with van der Waals surface area (Å²) in [6.45, 7) is 1.19. The van der Waals surface area contributed by atoms with Crippen molar-refractivity contribution < 1.29 is 26.5 Å².